The number of thiazole rings is 1. The third-order valence-electron chi connectivity index (χ3n) is 4.60. The first-order valence-electron chi connectivity index (χ1n) is 8.83. The van der Waals surface area contributed by atoms with E-state index in [9.17, 15) is 10.0 Å². The molecule has 1 aliphatic carbocycles. The number of hydrogen-bond acceptors (Lipinski definition) is 5. The zero-order valence-electron chi connectivity index (χ0n) is 14.6. The summed E-state index contributed by atoms with van der Waals surface area (Å²) in [6.45, 7) is 0. The number of amides is 1. The third-order valence-corrected chi connectivity index (χ3v) is 6.65. The van der Waals surface area contributed by atoms with Gasteiger partial charge in [0.05, 0.1) is 11.4 Å². The van der Waals surface area contributed by atoms with Crippen LogP contribution in [0.4, 0.5) is 5.13 Å². The second-order valence-electron chi connectivity index (χ2n) is 6.44. The van der Waals surface area contributed by atoms with E-state index in [1.165, 1.54) is 28.4 Å². The molecule has 0 aliphatic heterocycles. The molecular formula is C20H19N3O2S2. The van der Waals surface area contributed by atoms with E-state index in [0.29, 0.717) is 16.1 Å². The molecule has 5 nitrogen and oxygen atoms in total. The molecule has 7 heteroatoms. The van der Waals surface area contributed by atoms with Crippen molar-refractivity contribution in [3.8, 4) is 0 Å². The van der Waals surface area contributed by atoms with E-state index in [1.54, 1.807) is 29.5 Å². The first-order valence-corrected chi connectivity index (χ1v) is 10.6. The lowest BCUT2D eigenvalue weighted by molar-refractivity contribution is -0.645. The Kier molecular flexibility index (Phi) is 5.40. The van der Waals surface area contributed by atoms with Gasteiger partial charge in [0.25, 0.3) is 5.03 Å². The molecule has 1 unspecified atom stereocenters. The molecule has 0 bridgehead atoms. The van der Waals surface area contributed by atoms with Gasteiger partial charge >= 0.3 is 0 Å². The number of rotatable bonds is 5. The van der Waals surface area contributed by atoms with Crippen molar-refractivity contribution < 1.29 is 9.52 Å². The molecule has 0 radical (unpaired) electrons. The minimum atomic E-state index is -0.144. The Morgan fingerprint density at radius 1 is 1.26 bits per heavy atom. The van der Waals surface area contributed by atoms with E-state index in [0.717, 1.165) is 29.7 Å². The van der Waals surface area contributed by atoms with Crippen molar-refractivity contribution in [2.24, 2.45) is 0 Å². The average molecular weight is 398 g/mol. The van der Waals surface area contributed by atoms with Crippen molar-refractivity contribution >= 4 is 34.1 Å². The summed E-state index contributed by atoms with van der Waals surface area (Å²) in [4.78, 5) is 18.1. The van der Waals surface area contributed by atoms with Crippen LogP contribution < -0.4 is 10.0 Å². The summed E-state index contributed by atoms with van der Waals surface area (Å²) < 4.78 is 0.768. The Balaban J connectivity index is 1.37. The van der Waals surface area contributed by atoms with Gasteiger partial charge in [-0.1, -0.05) is 30.3 Å². The summed E-state index contributed by atoms with van der Waals surface area (Å²) in [5.41, 5.74) is 2.47. The number of benzene rings is 1. The first kappa shape index (κ1) is 18.0. The SMILES string of the molecule is O=C(CSc1cccc[n+]1[O-])Nc1nc2c(s1)CC(c1ccccc1)CC2. The van der Waals surface area contributed by atoms with Crippen molar-refractivity contribution in [3.05, 3.63) is 76.1 Å². The van der Waals surface area contributed by atoms with Crippen LogP contribution in [-0.4, -0.2) is 16.6 Å². The number of aryl methyl sites for hydroxylation is 1. The Hall–Kier alpha value is -2.38. The van der Waals surface area contributed by atoms with Crippen molar-refractivity contribution in [3.63, 3.8) is 0 Å². The second kappa shape index (κ2) is 8.10. The van der Waals surface area contributed by atoms with Crippen LogP contribution in [0.25, 0.3) is 0 Å². The van der Waals surface area contributed by atoms with Crippen LogP contribution in [0.5, 0.6) is 0 Å². The van der Waals surface area contributed by atoms with Crippen LogP contribution in [0.15, 0.2) is 59.8 Å². The van der Waals surface area contributed by atoms with Gasteiger partial charge in [0, 0.05) is 17.0 Å². The summed E-state index contributed by atoms with van der Waals surface area (Å²) in [6.07, 6.45) is 4.43. The number of fused-ring (bicyclic) bond motifs is 1. The molecule has 1 aromatic carbocycles. The molecule has 0 spiro atoms. The maximum atomic E-state index is 12.2. The van der Waals surface area contributed by atoms with Crippen molar-refractivity contribution in [1.82, 2.24) is 4.98 Å². The van der Waals surface area contributed by atoms with Crippen molar-refractivity contribution in [2.75, 3.05) is 11.1 Å². The number of carbonyl (C=O) groups excluding carboxylic acids is 1. The van der Waals surface area contributed by atoms with E-state index in [2.05, 4.69) is 34.6 Å². The first-order chi connectivity index (χ1) is 13.2. The molecule has 1 amide bonds. The van der Waals surface area contributed by atoms with Gasteiger partial charge in [0.15, 0.2) is 11.3 Å². The smallest absolute Gasteiger partial charge is 0.251 e. The summed E-state index contributed by atoms with van der Waals surface area (Å²) in [5, 5.41) is 15.7. The highest BCUT2D eigenvalue weighted by atomic mass is 32.2. The Morgan fingerprint density at radius 3 is 2.89 bits per heavy atom. The molecule has 1 N–H and O–H groups in total. The maximum absolute atomic E-state index is 12.2. The molecule has 4 rings (SSSR count). The molecule has 138 valence electrons. The molecule has 0 fully saturated rings. The van der Waals surface area contributed by atoms with Gasteiger partial charge in [-0.05, 0) is 48.6 Å². The number of pyridine rings is 1. The standard InChI is InChI=1S/C20H19N3O2S2/c24-18(13-26-19-8-4-5-11-23(19)25)22-20-21-16-10-9-15(12-17(16)27-20)14-6-2-1-3-7-14/h1-8,11,15H,9-10,12-13H2,(H,21,22,24). The van der Waals surface area contributed by atoms with Crippen LogP contribution in [0.1, 0.15) is 28.5 Å². The molecule has 0 saturated carbocycles. The predicted octanol–water partition coefficient (Wildman–Crippen LogP) is 3.78. The van der Waals surface area contributed by atoms with E-state index in [-0.39, 0.29) is 11.7 Å². The fraction of sp³-hybridized carbons (Fsp3) is 0.250. The largest absolute Gasteiger partial charge is 0.618 e. The van der Waals surface area contributed by atoms with Crippen LogP contribution >= 0.6 is 23.1 Å². The van der Waals surface area contributed by atoms with Crippen LogP contribution in [0.3, 0.4) is 0 Å². The molecule has 3 aromatic rings. The lowest BCUT2D eigenvalue weighted by atomic mass is 9.85. The highest BCUT2D eigenvalue weighted by Gasteiger charge is 2.24. The van der Waals surface area contributed by atoms with Crippen molar-refractivity contribution in [2.45, 2.75) is 30.2 Å². The summed E-state index contributed by atoms with van der Waals surface area (Å²) in [5.74, 6) is 0.557. The number of anilines is 1. The minimum absolute atomic E-state index is 0.144. The van der Waals surface area contributed by atoms with Gasteiger partial charge in [-0.2, -0.15) is 4.73 Å². The highest BCUT2D eigenvalue weighted by Crippen LogP contribution is 2.36. The Morgan fingerprint density at radius 2 is 2.07 bits per heavy atom. The molecule has 0 saturated heterocycles. The molecule has 2 heterocycles. The van der Waals surface area contributed by atoms with Crippen LogP contribution in [0, 0.1) is 5.21 Å². The number of aromatic nitrogens is 2. The van der Waals surface area contributed by atoms with Gasteiger partial charge in [0.2, 0.25) is 5.91 Å². The number of nitrogens with one attached hydrogen (secondary N) is 1. The molecule has 1 atom stereocenters. The van der Waals surface area contributed by atoms with E-state index >= 15 is 0 Å². The van der Waals surface area contributed by atoms with Gasteiger partial charge in [-0.15, -0.1) is 11.3 Å². The number of hydrogen-bond donors (Lipinski definition) is 1. The number of nitrogens with zero attached hydrogens (tertiary/aromatic N) is 2. The fourth-order valence-corrected chi connectivity index (χ4v) is 5.08. The summed E-state index contributed by atoms with van der Waals surface area (Å²) in [7, 11) is 0. The maximum Gasteiger partial charge on any atom is 0.251 e. The molecular weight excluding hydrogens is 378 g/mol. The fourth-order valence-electron chi connectivity index (χ4n) is 3.26. The Bertz CT molecular complexity index is 943. The topological polar surface area (TPSA) is 68.9 Å². The monoisotopic (exact) mass is 397 g/mol. The highest BCUT2D eigenvalue weighted by molar-refractivity contribution is 7.99. The average Bonchev–Trinajstić information content (AvgIpc) is 3.09. The van der Waals surface area contributed by atoms with E-state index in [4.69, 9.17) is 0 Å². The van der Waals surface area contributed by atoms with Crippen LogP contribution in [0.2, 0.25) is 0 Å². The number of carbonyl (C=O) groups is 1. The third kappa shape index (κ3) is 4.31. The minimum Gasteiger partial charge on any atom is -0.618 e. The van der Waals surface area contributed by atoms with E-state index < -0.39 is 0 Å². The van der Waals surface area contributed by atoms with E-state index in [1.807, 2.05) is 6.07 Å². The lowest BCUT2D eigenvalue weighted by Gasteiger charge is -2.21. The zero-order valence-corrected chi connectivity index (χ0v) is 16.3. The molecule has 27 heavy (non-hydrogen) atoms. The number of thioether (sulfide) groups is 1. The Labute approximate surface area is 166 Å². The quantitative estimate of drug-likeness (QED) is 0.404. The normalized spacial score (nSPS) is 15.9. The van der Waals surface area contributed by atoms with Gasteiger partial charge in [-0.3, -0.25) is 4.79 Å². The summed E-state index contributed by atoms with van der Waals surface area (Å²) >= 11 is 2.79. The second-order valence-corrected chi connectivity index (χ2v) is 8.52. The zero-order chi connectivity index (χ0) is 18.6. The predicted molar refractivity (Wildman–Crippen MR) is 108 cm³/mol. The molecule has 2 aromatic heterocycles. The molecule has 1 aliphatic rings. The van der Waals surface area contributed by atoms with Gasteiger partial charge in [-0.25, -0.2) is 4.98 Å². The van der Waals surface area contributed by atoms with Gasteiger partial charge < -0.3 is 10.5 Å². The summed E-state index contributed by atoms with van der Waals surface area (Å²) in [6, 6.07) is 15.7. The van der Waals surface area contributed by atoms with Crippen LogP contribution in [-0.2, 0) is 17.6 Å². The lowest BCUT2D eigenvalue weighted by Crippen LogP contribution is -2.28. The van der Waals surface area contributed by atoms with Gasteiger partial charge in [0.1, 0.15) is 0 Å². The van der Waals surface area contributed by atoms with Crippen molar-refractivity contribution in [1.29, 1.82) is 0 Å².